The van der Waals surface area contributed by atoms with Gasteiger partial charge in [0.25, 0.3) is 0 Å². The number of rotatable bonds is 5. The van der Waals surface area contributed by atoms with E-state index < -0.39 is 6.03 Å². The van der Waals surface area contributed by atoms with Crippen molar-refractivity contribution in [2.24, 2.45) is 11.7 Å². The number of hydrogen-bond acceptors (Lipinski definition) is 2. The Balaban J connectivity index is 3.25. The molecule has 0 unspecified atom stereocenters. The van der Waals surface area contributed by atoms with E-state index >= 15 is 0 Å². The molecule has 0 saturated heterocycles. The first-order chi connectivity index (χ1) is 5.54. The molecule has 0 fully saturated rings. The molecular weight excluding hydrogens is 156 g/mol. The van der Waals surface area contributed by atoms with E-state index in [1.807, 2.05) is 0 Å². The molecule has 0 heterocycles. The third kappa shape index (κ3) is 5.97. The lowest BCUT2D eigenvalue weighted by atomic mass is 10.1. The largest absolute Gasteiger partial charge is 0.350 e. The monoisotopic (exact) mass is 174 g/mol. The first-order valence-electron chi connectivity index (χ1n) is 4.30. The Kier molecular flexibility index (Phi) is 5.45. The van der Waals surface area contributed by atoms with Crippen LogP contribution in [0.3, 0.4) is 0 Å². The summed E-state index contributed by atoms with van der Waals surface area (Å²) in [5.41, 5.74) is 4.81. The third-order valence-electron chi connectivity index (χ3n) is 1.66. The molecule has 0 aromatic rings. The van der Waals surface area contributed by atoms with Crippen molar-refractivity contribution in [3.05, 3.63) is 0 Å². The normalized spacial score (nSPS) is 10.3. The van der Waals surface area contributed by atoms with Gasteiger partial charge in [-0.05, 0) is 12.3 Å². The molecule has 0 aromatic carbocycles. The fourth-order valence-corrected chi connectivity index (χ4v) is 0.924. The molecule has 3 N–H and O–H groups in total. The van der Waals surface area contributed by atoms with Crippen molar-refractivity contribution in [1.29, 1.82) is 0 Å². The smallest absolute Gasteiger partial charge is 0.338 e. The van der Waals surface area contributed by atoms with Crippen LogP contribution in [-0.4, -0.2) is 22.8 Å². The van der Waals surface area contributed by atoms with E-state index in [1.165, 1.54) is 0 Å². The SMILES string of the molecule is CC(C)CCCCN(O)C(N)=O. The van der Waals surface area contributed by atoms with E-state index in [2.05, 4.69) is 13.8 Å². The van der Waals surface area contributed by atoms with Crippen molar-refractivity contribution in [2.45, 2.75) is 33.1 Å². The lowest BCUT2D eigenvalue weighted by Gasteiger charge is -2.11. The van der Waals surface area contributed by atoms with Crippen LogP contribution in [0, 0.1) is 5.92 Å². The van der Waals surface area contributed by atoms with Gasteiger partial charge in [-0.25, -0.2) is 9.86 Å². The Bertz CT molecular complexity index is 137. The van der Waals surface area contributed by atoms with E-state index in [1.54, 1.807) is 0 Å². The molecule has 0 atom stereocenters. The molecule has 72 valence electrons. The van der Waals surface area contributed by atoms with Crippen LogP contribution in [0.5, 0.6) is 0 Å². The molecular formula is C8H18N2O2. The maximum Gasteiger partial charge on any atom is 0.338 e. The van der Waals surface area contributed by atoms with Crippen LogP contribution in [0.2, 0.25) is 0 Å². The maximum atomic E-state index is 10.3. The predicted molar refractivity (Wildman–Crippen MR) is 46.8 cm³/mol. The fraction of sp³-hybridized carbons (Fsp3) is 0.875. The summed E-state index contributed by atoms with van der Waals surface area (Å²) in [5.74, 6) is 0.672. The highest BCUT2D eigenvalue weighted by Crippen LogP contribution is 2.06. The summed E-state index contributed by atoms with van der Waals surface area (Å²) in [4.78, 5) is 10.3. The molecule has 0 aliphatic carbocycles. The summed E-state index contributed by atoms with van der Waals surface area (Å²) in [6.45, 7) is 4.62. The van der Waals surface area contributed by atoms with Gasteiger partial charge in [-0.1, -0.05) is 26.7 Å². The zero-order chi connectivity index (χ0) is 9.56. The highest BCUT2D eigenvalue weighted by atomic mass is 16.5. The summed E-state index contributed by atoms with van der Waals surface area (Å²) >= 11 is 0. The molecule has 0 bridgehead atoms. The van der Waals surface area contributed by atoms with Crippen LogP contribution in [-0.2, 0) is 0 Å². The van der Waals surface area contributed by atoms with Gasteiger partial charge < -0.3 is 5.73 Å². The fourth-order valence-electron chi connectivity index (χ4n) is 0.924. The number of amides is 2. The van der Waals surface area contributed by atoms with E-state index in [0.717, 1.165) is 19.3 Å². The summed E-state index contributed by atoms with van der Waals surface area (Å²) < 4.78 is 0. The average molecular weight is 174 g/mol. The number of hydroxylamine groups is 2. The first kappa shape index (κ1) is 11.2. The van der Waals surface area contributed by atoms with Gasteiger partial charge in [0.05, 0.1) is 6.54 Å². The van der Waals surface area contributed by atoms with Crippen LogP contribution in [0.1, 0.15) is 33.1 Å². The first-order valence-corrected chi connectivity index (χ1v) is 4.30. The molecule has 2 amide bonds. The van der Waals surface area contributed by atoms with Crippen LogP contribution in [0.25, 0.3) is 0 Å². The van der Waals surface area contributed by atoms with E-state index in [0.29, 0.717) is 17.5 Å². The van der Waals surface area contributed by atoms with Gasteiger partial charge in [0.15, 0.2) is 0 Å². The molecule has 4 nitrogen and oxygen atoms in total. The standard InChI is InChI=1S/C8H18N2O2/c1-7(2)5-3-4-6-10(12)8(9)11/h7,12H,3-6H2,1-2H3,(H2,9,11). The van der Waals surface area contributed by atoms with Crippen molar-refractivity contribution < 1.29 is 10.0 Å². The van der Waals surface area contributed by atoms with Crippen LogP contribution < -0.4 is 5.73 Å². The summed E-state index contributed by atoms with van der Waals surface area (Å²) in [6.07, 6.45) is 2.94. The van der Waals surface area contributed by atoms with Gasteiger partial charge in [-0.3, -0.25) is 5.21 Å². The predicted octanol–water partition coefficient (Wildman–Crippen LogP) is 1.58. The van der Waals surface area contributed by atoms with Gasteiger partial charge in [-0.15, -0.1) is 0 Å². The Morgan fingerprint density at radius 1 is 1.50 bits per heavy atom. The minimum atomic E-state index is -0.778. The minimum absolute atomic E-state index is 0.335. The molecule has 0 spiro atoms. The van der Waals surface area contributed by atoms with Crippen LogP contribution >= 0.6 is 0 Å². The number of urea groups is 1. The average Bonchev–Trinajstić information content (AvgIpc) is 1.97. The highest BCUT2D eigenvalue weighted by molar-refractivity contribution is 5.70. The highest BCUT2D eigenvalue weighted by Gasteiger charge is 2.03. The van der Waals surface area contributed by atoms with E-state index in [9.17, 15) is 4.79 Å². The number of carbonyl (C=O) groups excluding carboxylic acids is 1. The molecule has 12 heavy (non-hydrogen) atoms. The van der Waals surface area contributed by atoms with E-state index in [-0.39, 0.29) is 0 Å². The number of hydrogen-bond donors (Lipinski definition) is 2. The number of nitrogens with two attached hydrogens (primary N) is 1. The summed E-state index contributed by atoms with van der Waals surface area (Å²) in [5, 5.41) is 9.41. The Labute approximate surface area is 73.3 Å². The van der Waals surface area contributed by atoms with Gasteiger partial charge in [0, 0.05) is 0 Å². The molecule has 0 aliphatic rings. The molecule has 0 aromatic heterocycles. The second-order valence-corrected chi connectivity index (χ2v) is 3.35. The molecule has 0 saturated carbocycles. The van der Waals surface area contributed by atoms with Crippen LogP contribution in [0.15, 0.2) is 0 Å². The molecule has 0 aliphatic heterocycles. The van der Waals surface area contributed by atoms with Gasteiger partial charge >= 0.3 is 6.03 Å². The Hall–Kier alpha value is -0.770. The van der Waals surface area contributed by atoms with Gasteiger partial charge in [-0.2, -0.15) is 0 Å². The zero-order valence-electron chi connectivity index (χ0n) is 7.79. The minimum Gasteiger partial charge on any atom is -0.350 e. The quantitative estimate of drug-likeness (QED) is 0.377. The van der Waals surface area contributed by atoms with Crippen LogP contribution in [0.4, 0.5) is 4.79 Å². The molecule has 4 heteroatoms. The van der Waals surface area contributed by atoms with Crippen molar-refractivity contribution in [3.63, 3.8) is 0 Å². The topological polar surface area (TPSA) is 66.6 Å². The molecule has 0 radical (unpaired) electrons. The summed E-state index contributed by atoms with van der Waals surface area (Å²) in [6, 6.07) is -0.778. The van der Waals surface area contributed by atoms with E-state index in [4.69, 9.17) is 10.9 Å². The number of primary amides is 1. The molecule has 0 rings (SSSR count). The lowest BCUT2D eigenvalue weighted by Crippen LogP contribution is -2.33. The Morgan fingerprint density at radius 2 is 2.08 bits per heavy atom. The second-order valence-electron chi connectivity index (χ2n) is 3.35. The third-order valence-corrected chi connectivity index (χ3v) is 1.66. The number of unbranched alkanes of at least 4 members (excludes halogenated alkanes) is 1. The van der Waals surface area contributed by atoms with Gasteiger partial charge in [0.2, 0.25) is 0 Å². The van der Waals surface area contributed by atoms with Gasteiger partial charge in [0.1, 0.15) is 0 Å². The van der Waals surface area contributed by atoms with Crippen molar-refractivity contribution in [1.82, 2.24) is 5.06 Å². The summed E-state index contributed by atoms with van der Waals surface area (Å²) in [7, 11) is 0. The number of carbonyl (C=O) groups is 1. The van der Waals surface area contributed by atoms with Crippen molar-refractivity contribution in [2.75, 3.05) is 6.54 Å². The second kappa shape index (κ2) is 5.83. The van der Waals surface area contributed by atoms with Crippen molar-refractivity contribution in [3.8, 4) is 0 Å². The van der Waals surface area contributed by atoms with Crippen molar-refractivity contribution >= 4 is 6.03 Å². The maximum absolute atomic E-state index is 10.3. The number of nitrogens with zero attached hydrogens (tertiary/aromatic N) is 1. The Morgan fingerprint density at radius 3 is 2.50 bits per heavy atom. The lowest BCUT2D eigenvalue weighted by molar-refractivity contribution is -0.0404. The zero-order valence-corrected chi connectivity index (χ0v) is 7.79.